The SMILES string of the molecule is CCC(C(=O)O)N1C(=O)[C@H](CC(=O)OC)O[C@H](c2cccc(Cl)c2)[C@H]1c1ccc(Cl)cc1. The molecule has 1 N–H and O–H groups in total. The molecule has 0 spiro atoms. The number of carbonyl (C=O) groups excluding carboxylic acids is 2. The molecule has 170 valence electrons. The first-order chi connectivity index (χ1) is 15.3. The Morgan fingerprint density at radius 3 is 2.38 bits per heavy atom. The largest absolute Gasteiger partial charge is 0.480 e. The van der Waals surface area contributed by atoms with E-state index in [4.69, 9.17) is 32.7 Å². The molecule has 3 rings (SSSR count). The predicted molar refractivity (Wildman–Crippen MR) is 118 cm³/mol. The minimum atomic E-state index is -1.21. The highest BCUT2D eigenvalue weighted by molar-refractivity contribution is 6.30. The van der Waals surface area contributed by atoms with Gasteiger partial charge in [-0.05, 0) is 41.8 Å². The third kappa shape index (κ3) is 5.06. The topological polar surface area (TPSA) is 93.1 Å². The number of carbonyl (C=O) groups is 3. The standard InChI is InChI=1S/C23H23Cl2NO6/c1-3-17(23(29)30)26-20(13-7-9-15(24)10-8-13)21(14-5-4-6-16(25)11-14)32-18(22(26)28)12-19(27)31-2/h4-11,17-18,20-21H,3,12H2,1-2H3,(H,29,30)/t17?,18-,20+,21+/m0/s1. The average molecular weight is 480 g/mol. The van der Waals surface area contributed by atoms with E-state index < -0.39 is 42.1 Å². The van der Waals surface area contributed by atoms with Gasteiger partial charge in [0.05, 0.1) is 19.6 Å². The number of carboxylic acids is 1. The van der Waals surface area contributed by atoms with Gasteiger partial charge in [0.1, 0.15) is 18.2 Å². The van der Waals surface area contributed by atoms with E-state index in [1.54, 1.807) is 55.5 Å². The molecule has 1 amide bonds. The van der Waals surface area contributed by atoms with Crippen LogP contribution in [-0.2, 0) is 23.9 Å². The van der Waals surface area contributed by atoms with Crippen molar-refractivity contribution in [3.8, 4) is 0 Å². The number of morpholine rings is 1. The highest BCUT2D eigenvalue weighted by atomic mass is 35.5. The number of benzene rings is 2. The van der Waals surface area contributed by atoms with Crippen molar-refractivity contribution in [3.05, 3.63) is 69.7 Å². The fourth-order valence-electron chi connectivity index (χ4n) is 3.91. The summed E-state index contributed by atoms with van der Waals surface area (Å²) in [5.41, 5.74) is 1.29. The van der Waals surface area contributed by atoms with Gasteiger partial charge in [-0.15, -0.1) is 0 Å². The van der Waals surface area contributed by atoms with E-state index in [1.165, 1.54) is 12.0 Å². The van der Waals surface area contributed by atoms with Crippen molar-refractivity contribution in [1.82, 2.24) is 4.90 Å². The van der Waals surface area contributed by atoms with Crippen molar-refractivity contribution < 1.29 is 29.0 Å². The van der Waals surface area contributed by atoms with Crippen LogP contribution in [-0.4, -0.2) is 47.1 Å². The van der Waals surface area contributed by atoms with E-state index in [0.717, 1.165) is 0 Å². The lowest BCUT2D eigenvalue weighted by molar-refractivity contribution is -0.187. The first kappa shape index (κ1) is 24.0. The Labute approximate surface area is 195 Å². The van der Waals surface area contributed by atoms with Crippen LogP contribution in [0.3, 0.4) is 0 Å². The van der Waals surface area contributed by atoms with Gasteiger partial charge in [-0.2, -0.15) is 0 Å². The Morgan fingerprint density at radius 2 is 1.81 bits per heavy atom. The van der Waals surface area contributed by atoms with E-state index in [1.807, 2.05) is 0 Å². The zero-order valence-electron chi connectivity index (χ0n) is 17.5. The van der Waals surface area contributed by atoms with Crippen molar-refractivity contribution in [3.63, 3.8) is 0 Å². The lowest BCUT2D eigenvalue weighted by atomic mass is 9.89. The lowest BCUT2D eigenvalue weighted by Crippen LogP contribution is -2.57. The Kier molecular flexibility index (Phi) is 7.77. The minimum absolute atomic E-state index is 0.165. The summed E-state index contributed by atoms with van der Waals surface area (Å²) < 4.78 is 10.9. The molecule has 7 nitrogen and oxygen atoms in total. The molecule has 1 unspecified atom stereocenters. The second kappa shape index (κ2) is 10.3. The Bertz CT molecular complexity index is 996. The summed E-state index contributed by atoms with van der Waals surface area (Å²) in [7, 11) is 1.21. The Morgan fingerprint density at radius 1 is 1.12 bits per heavy atom. The fraction of sp³-hybridized carbons (Fsp3) is 0.348. The zero-order valence-corrected chi connectivity index (χ0v) is 19.0. The number of amides is 1. The van der Waals surface area contributed by atoms with E-state index in [9.17, 15) is 19.5 Å². The molecule has 1 heterocycles. The molecule has 0 bridgehead atoms. The maximum absolute atomic E-state index is 13.5. The van der Waals surface area contributed by atoms with Crippen molar-refractivity contribution in [2.24, 2.45) is 0 Å². The van der Waals surface area contributed by atoms with E-state index in [2.05, 4.69) is 0 Å². The first-order valence-electron chi connectivity index (χ1n) is 10.0. The molecule has 4 atom stereocenters. The van der Waals surface area contributed by atoms with Crippen LogP contribution in [0, 0.1) is 0 Å². The summed E-state index contributed by atoms with van der Waals surface area (Å²) in [4.78, 5) is 38.8. The highest BCUT2D eigenvalue weighted by Gasteiger charge is 2.48. The summed E-state index contributed by atoms with van der Waals surface area (Å²) in [5, 5.41) is 10.9. The molecule has 0 aromatic heterocycles. The molecule has 32 heavy (non-hydrogen) atoms. The molecular weight excluding hydrogens is 457 g/mol. The van der Waals surface area contributed by atoms with Gasteiger partial charge < -0.3 is 19.5 Å². The monoisotopic (exact) mass is 479 g/mol. The van der Waals surface area contributed by atoms with Crippen molar-refractivity contribution in [1.29, 1.82) is 0 Å². The van der Waals surface area contributed by atoms with Gasteiger partial charge in [0.2, 0.25) is 0 Å². The molecule has 2 aromatic rings. The number of esters is 1. The first-order valence-corrected chi connectivity index (χ1v) is 10.8. The van der Waals surface area contributed by atoms with Gasteiger partial charge in [0.25, 0.3) is 5.91 Å². The lowest BCUT2D eigenvalue weighted by Gasteiger charge is -2.46. The minimum Gasteiger partial charge on any atom is -0.480 e. The highest BCUT2D eigenvalue weighted by Crippen LogP contribution is 2.44. The maximum Gasteiger partial charge on any atom is 0.326 e. The van der Waals surface area contributed by atoms with Crippen LogP contribution in [0.5, 0.6) is 0 Å². The fourth-order valence-corrected chi connectivity index (χ4v) is 4.23. The third-order valence-corrected chi connectivity index (χ3v) is 5.89. The van der Waals surface area contributed by atoms with Crippen molar-refractivity contribution in [2.45, 2.75) is 44.1 Å². The predicted octanol–water partition coefficient (Wildman–Crippen LogP) is 4.43. The average Bonchev–Trinajstić information content (AvgIpc) is 2.76. The summed E-state index contributed by atoms with van der Waals surface area (Å²) in [5.74, 6) is -2.38. The van der Waals surface area contributed by atoms with Crippen LogP contribution in [0.4, 0.5) is 0 Å². The van der Waals surface area contributed by atoms with Gasteiger partial charge in [-0.25, -0.2) is 4.79 Å². The van der Waals surface area contributed by atoms with E-state index in [0.29, 0.717) is 21.2 Å². The molecule has 1 aliphatic rings. The molecular formula is C23H23Cl2NO6. The molecule has 1 fully saturated rings. The number of rotatable bonds is 7. The number of hydrogen-bond donors (Lipinski definition) is 1. The number of methoxy groups -OCH3 is 1. The van der Waals surface area contributed by atoms with Gasteiger partial charge in [-0.1, -0.05) is 54.4 Å². The van der Waals surface area contributed by atoms with Gasteiger partial charge in [0, 0.05) is 10.0 Å². The van der Waals surface area contributed by atoms with E-state index in [-0.39, 0.29) is 12.8 Å². The number of aliphatic carboxylic acids is 1. The molecule has 2 aromatic carbocycles. The second-order valence-electron chi connectivity index (χ2n) is 7.38. The van der Waals surface area contributed by atoms with Crippen LogP contribution in [0.15, 0.2) is 48.5 Å². The second-order valence-corrected chi connectivity index (χ2v) is 8.26. The van der Waals surface area contributed by atoms with Crippen LogP contribution in [0.2, 0.25) is 10.0 Å². The third-order valence-electron chi connectivity index (χ3n) is 5.40. The quantitative estimate of drug-likeness (QED) is 0.590. The maximum atomic E-state index is 13.5. The summed E-state index contributed by atoms with van der Waals surface area (Å²) in [6.45, 7) is 1.68. The van der Waals surface area contributed by atoms with Gasteiger partial charge in [-0.3, -0.25) is 9.59 Å². The summed E-state index contributed by atoms with van der Waals surface area (Å²) in [6, 6.07) is 11.8. The van der Waals surface area contributed by atoms with Crippen LogP contribution < -0.4 is 0 Å². The molecule has 1 saturated heterocycles. The van der Waals surface area contributed by atoms with E-state index >= 15 is 0 Å². The molecule has 1 aliphatic heterocycles. The van der Waals surface area contributed by atoms with Gasteiger partial charge in [0.15, 0.2) is 0 Å². The molecule has 0 radical (unpaired) electrons. The Hall–Kier alpha value is -2.61. The van der Waals surface area contributed by atoms with Crippen LogP contribution in [0.25, 0.3) is 0 Å². The molecule has 9 heteroatoms. The summed E-state index contributed by atoms with van der Waals surface area (Å²) >= 11 is 12.3. The number of ether oxygens (including phenoxy) is 2. The Balaban J connectivity index is 2.19. The van der Waals surface area contributed by atoms with Crippen molar-refractivity contribution >= 4 is 41.0 Å². The van der Waals surface area contributed by atoms with Crippen LogP contribution in [0.1, 0.15) is 43.0 Å². The summed E-state index contributed by atoms with van der Waals surface area (Å²) in [6.07, 6.45) is -2.16. The van der Waals surface area contributed by atoms with Crippen LogP contribution >= 0.6 is 23.2 Å². The smallest absolute Gasteiger partial charge is 0.326 e. The normalized spacial score (nSPS) is 21.8. The van der Waals surface area contributed by atoms with Crippen molar-refractivity contribution in [2.75, 3.05) is 7.11 Å². The number of nitrogens with zero attached hydrogens (tertiary/aromatic N) is 1. The molecule has 0 aliphatic carbocycles. The molecule has 0 saturated carbocycles. The number of carboxylic acid groups (broad SMARTS) is 1. The number of hydrogen-bond acceptors (Lipinski definition) is 5. The van der Waals surface area contributed by atoms with Gasteiger partial charge >= 0.3 is 11.9 Å². The zero-order chi connectivity index (χ0) is 23.4. The number of halogens is 2.